The molecule has 0 unspecified atom stereocenters. The van der Waals surface area contributed by atoms with Gasteiger partial charge in [-0.1, -0.05) is 0 Å². The van der Waals surface area contributed by atoms with Crippen molar-refractivity contribution in [2.24, 2.45) is 0 Å². The molecule has 0 fully saturated rings. The summed E-state index contributed by atoms with van der Waals surface area (Å²) in [6.45, 7) is 8.65. The number of alkyl halides is 3. The van der Waals surface area contributed by atoms with E-state index in [9.17, 15) is 13.2 Å². The Balaban J connectivity index is 3.03. The molecule has 0 radical (unpaired) electrons. The fourth-order valence-electron chi connectivity index (χ4n) is 2.47. The SMILES string of the molecule is C[CH](C)[In]([CH2]c1ccccc1C(F)(F)F)[CH](C)C. The van der Waals surface area contributed by atoms with E-state index in [1.807, 2.05) is 0 Å². The molecule has 4 heteroatoms. The Kier molecular flexibility index (Phi) is 5.63. The molecule has 0 nitrogen and oxygen atoms in total. The van der Waals surface area contributed by atoms with Crippen LogP contribution in [0.15, 0.2) is 24.3 Å². The van der Waals surface area contributed by atoms with E-state index in [1.54, 1.807) is 12.1 Å². The molecule has 0 amide bonds. The van der Waals surface area contributed by atoms with Gasteiger partial charge in [-0.2, -0.15) is 0 Å². The molecule has 0 bridgehead atoms. The Hall–Kier alpha value is -0.120. The molecule has 1 rings (SSSR count). The average Bonchev–Trinajstić information content (AvgIpc) is 2.24. The van der Waals surface area contributed by atoms with Gasteiger partial charge in [-0.05, 0) is 0 Å². The summed E-state index contributed by atoms with van der Waals surface area (Å²) < 4.78 is 40.7. The Labute approximate surface area is 115 Å². The topological polar surface area (TPSA) is 0 Å². The van der Waals surface area contributed by atoms with Crippen LogP contribution in [0.1, 0.15) is 38.8 Å². The molecule has 0 N–H and O–H groups in total. The molecule has 0 aliphatic carbocycles. The summed E-state index contributed by atoms with van der Waals surface area (Å²) in [5, 5.41) is 0. The van der Waals surface area contributed by atoms with E-state index in [0.29, 0.717) is 17.1 Å². The van der Waals surface area contributed by atoms with Crippen LogP contribution in [0.4, 0.5) is 13.2 Å². The van der Waals surface area contributed by atoms with Crippen LogP contribution in [0.3, 0.4) is 0 Å². The molecule has 1 aromatic carbocycles. The Bertz CT molecular complexity index is 375. The maximum atomic E-state index is 12.9. The van der Waals surface area contributed by atoms with E-state index in [2.05, 4.69) is 27.7 Å². The van der Waals surface area contributed by atoms with Crippen molar-refractivity contribution in [2.45, 2.75) is 45.4 Å². The van der Waals surface area contributed by atoms with Crippen molar-refractivity contribution in [3.05, 3.63) is 35.4 Å². The Morgan fingerprint density at radius 1 is 1.00 bits per heavy atom. The van der Waals surface area contributed by atoms with Crippen LogP contribution < -0.4 is 0 Å². The third kappa shape index (κ3) is 4.22. The van der Waals surface area contributed by atoms with Gasteiger partial charge in [-0.25, -0.2) is 0 Å². The molecular weight excluding hydrogens is 340 g/mol. The minimum atomic E-state index is -4.22. The monoisotopic (exact) mass is 360 g/mol. The molecule has 0 aromatic heterocycles. The molecule has 0 spiro atoms. The predicted octanol–water partition coefficient (Wildman–Crippen LogP) is 5.10. The van der Waals surface area contributed by atoms with E-state index in [-0.39, 0.29) is 0 Å². The second kappa shape index (κ2) is 6.36. The number of halogens is 3. The van der Waals surface area contributed by atoms with Gasteiger partial charge >= 0.3 is 115 Å². The first-order chi connectivity index (χ1) is 8.23. The third-order valence-corrected chi connectivity index (χ3v) is 15.9. The summed E-state index contributed by atoms with van der Waals surface area (Å²) in [4.78, 5) is 0. The van der Waals surface area contributed by atoms with Gasteiger partial charge in [0.1, 0.15) is 0 Å². The van der Waals surface area contributed by atoms with Crippen LogP contribution in [0.2, 0.25) is 7.35 Å². The summed E-state index contributed by atoms with van der Waals surface area (Å²) in [6.07, 6.45) is -4.22. The van der Waals surface area contributed by atoms with Crippen LogP contribution in [0.5, 0.6) is 0 Å². The normalized spacial score (nSPS) is 12.3. The summed E-state index contributed by atoms with van der Waals surface area (Å²) in [7, 11) is 0. The van der Waals surface area contributed by atoms with Gasteiger partial charge in [0.15, 0.2) is 0 Å². The first-order valence-corrected chi connectivity index (χ1v) is 12.5. The van der Waals surface area contributed by atoms with Crippen molar-refractivity contribution < 1.29 is 13.2 Å². The van der Waals surface area contributed by atoms with Crippen molar-refractivity contribution in [1.82, 2.24) is 0 Å². The van der Waals surface area contributed by atoms with Gasteiger partial charge in [-0.15, -0.1) is 0 Å². The van der Waals surface area contributed by atoms with Crippen LogP contribution in [-0.4, -0.2) is 21.4 Å². The molecule has 18 heavy (non-hydrogen) atoms. The van der Waals surface area contributed by atoms with Gasteiger partial charge in [0.25, 0.3) is 0 Å². The number of hydrogen-bond acceptors (Lipinski definition) is 0. The number of hydrogen-bond donors (Lipinski definition) is 0. The first kappa shape index (κ1) is 15.9. The molecule has 0 aliphatic rings. The Morgan fingerprint density at radius 2 is 1.50 bits per heavy atom. The zero-order valence-electron chi connectivity index (χ0n) is 11.4. The molecule has 0 saturated heterocycles. The van der Waals surface area contributed by atoms with Gasteiger partial charge in [-0.3, -0.25) is 0 Å². The second-order valence-electron chi connectivity index (χ2n) is 5.51. The number of benzene rings is 1. The fraction of sp³-hybridized carbons (Fsp3) is 0.571. The minimum absolute atomic E-state index is 0.437. The van der Waals surface area contributed by atoms with Gasteiger partial charge in [0.05, 0.1) is 0 Å². The maximum absolute atomic E-state index is 12.9. The van der Waals surface area contributed by atoms with E-state index < -0.39 is 33.2 Å². The molecule has 0 atom stereocenters. The third-order valence-electron chi connectivity index (χ3n) is 3.49. The van der Waals surface area contributed by atoms with Gasteiger partial charge in [0.2, 0.25) is 0 Å². The van der Waals surface area contributed by atoms with E-state index in [1.165, 1.54) is 12.1 Å². The molecular formula is C14H20F3In. The van der Waals surface area contributed by atoms with Crippen molar-refractivity contribution in [3.63, 3.8) is 0 Å². The standard InChI is InChI=1S/C8H6F3.2C3H7.In/c1-6-4-2-3-5-7(6)8(9,10)11;2*1-3-2;/h2-5H,1H2;2*3H,1-2H3;. The molecule has 0 heterocycles. The fourth-order valence-corrected chi connectivity index (χ4v) is 12.0. The number of rotatable bonds is 4. The van der Waals surface area contributed by atoms with Crippen LogP contribution in [0, 0.1) is 0 Å². The second-order valence-corrected chi connectivity index (χ2v) is 18.1. The van der Waals surface area contributed by atoms with Crippen molar-refractivity contribution in [3.8, 4) is 0 Å². The molecule has 0 saturated carbocycles. The first-order valence-electron chi connectivity index (χ1n) is 6.38. The predicted molar refractivity (Wildman–Crippen MR) is 71.1 cm³/mol. The van der Waals surface area contributed by atoms with Crippen LogP contribution in [-0.2, 0) is 10.4 Å². The summed E-state index contributed by atoms with van der Waals surface area (Å²) in [6, 6.07) is 6.05. The quantitative estimate of drug-likeness (QED) is 0.701. The summed E-state index contributed by atoms with van der Waals surface area (Å²) in [5.74, 6) is 0. The van der Waals surface area contributed by atoms with E-state index >= 15 is 0 Å². The van der Waals surface area contributed by atoms with Crippen LogP contribution in [0.25, 0.3) is 0 Å². The van der Waals surface area contributed by atoms with Crippen LogP contribution >= 0.6 is 0 Å². The van der Waals surface area contributed by atoms with Crippen molar-refractivity contribution in [2.75, 3.05) is 0 Å². The average molecular weight is 360 g/mol. The Morgan fingerprint density at radius 3 is 1.94 bits per heavy atom. The van der Waals surface area contributed by atoms with Gasteiger partial charge < -0.3 is 0 Å². The van der Waals surface area contributed by atoms with E-state index in [4.69, 9.17) is 0 Å². The zero-order valence-corrected chi connectivity index (χ0v) is 14.7. The zero-order chi connectivity index (χ0) is 13.9. The van der Waals surface area contributed by atoms with Crippen molar-refractivity contribution >= 4 is 21.4 Å². The molecule has 0 aliphatic heterocycles. The summed E-state index contributed by atoms with van der Waals surface area (Å²) in [5.41, 5.74) is 0.0706. The van der Waals surface area contributed by atoms with E-state index in [0.717, 1.165) is 0 Å². The summed E-state index contributed by atoms with van der Waals surface area (Å²) >= 11 is -1.96. The van der Waals surface area contributed by atoms with Crippen molar-refractivity contribution in [1.29, 1.82) is 0 Å². The van der Waals surface area contributed by atoms with Gasteiger partial charge in [0, 0.05) is 0 Å². The molecule has 100 valence electrons. The molecule has 1 aromatic rings.